The monoisotopic (exact) mass is 281 g/mol. The number of anilines is 1. The highest BCUT2D eigenvalue weighted by Crippen LogP contribution is 2.30. The summed E-state index contributed by atoms with van der Waals surface area (Å²) in [5.74, 6) is -0.00219. The number of rotatable bonds is 4. The molecule has 0 aromatic heterocycles. The number of phenols is 1. The molecule has 2 N–H and O–H groups in total. The van der Waals surface area contributed by atoms with Gasteiger partial charge in [0.1, 0.15) is 5.82 Å². The number of hydrogen-bond donors (Lipinski definition) is 2. The van der Waals surface area contributed by atoms with E-state index in [-0.39, 0.29) is 12.3 Å². The van der Waals surface area contributed by atoms with E-state index in [9.17, 15) is 9.50 Å². The first kappa shape index (κ1) is 13.5. The van der Waals surface area contributed by atoms with Gasteiger partial charge < -0.3 is 15.2 Å². The van der Waals surface area contributed by atoms with E-state index in [0.29, 0.717) is 22.0 Å². The molecule has 5 heteroatoms. The van der Waals surface area contributed by atoms with E-state index in [1.54, 1.807) is 30.3 Å². The van der Waals surface area contributed by atoms with Crippen LogP contribution in [0.3, 0.4) is 0 Å². The quantitative estimate of drug-likeness (QED) is 0.895. The third-order valence-corrected chi connectivity index (χ3v) is 2.94. The predicted octanol–water partition coefficient (Wildman–Crippen LogP) is 3.81. The summed E-state index contributed by atoms with van der Waals surface area (Å²) in [6, 6.07) is 9.52. The van der Waals surface area contributed by atoms with Crippen LogP contribution in [0.2, 0.25) is 5.02 Å². The lowest BCUT2D eigenvalue weighted by molar-refractivity contribution is 0.371. The highest BCUT2D eigenvalue weighted by molar-refractivity contribution is 6.30. The molecule has 19 heavy (non-hydrogen) atoms. The van der Waals surface area contributed by atoms with Gasteiger partial charge >= 0.3 is 0 Å². The number of hydrogen-bond acceptors (Lipinski definition) is 3. The van der Waals surface area contributed by atoms with E-state index in [1.165, 1.54) is 13.2 Å². The molecule has 0 heterocycles. The van der Waals surface area contributed by atoms with E-state index in [1.807, 2.05) is 0 Å². The fourth-order valence-electron chi connectivity index (χ4n) is 1.70. The van der Waals surface area contributed by atoms with Gasteiger partial charge in [0.2, 0.25) is 0 Å². The maximum Gasteiger partial charge on any atom is 0.162 e. The van der Waals surface area contributed by atoms with Crippen LogP contribution in [0.1, 0.15) is 5.56 Å². The van der Waals surface area contributed by atoms with Gasteiger partial charge in [-0.25, -0.2) is 4.39 Å². The van der Waals surface area contributed by atoms with Gasteiger partial charge in [-0.05, 0) is 24.3 Å². The average molecular weight is 282 g/mol. The van der Waals surface area contributed by atoms with Crippen molar-refractivity contribution in [3.05, 3.63) is 52.8 Å². The van der Waals surface area contributed by atoms with Crippen LogP contribution in [0, 0.1) is 5.82 Å². The number of phenolic OH excluding ortho intramolecular Hbond substituents is 1. The van der Waals surface area contributed by atoms with Crippen LogP contribution in [0.4, 0.5) is 10.1 Å². The number of methoxy groups -OCH3 is 1. The Labute approximate surface area is 115 Å². The average Bonchev–Trinajstić information content (AvgIpc) is 2.39. The summed E-state index contributed by atoms with van der Waals surface area (Å²) in [4.78, 5) is 0. The fourth-order valence-corrected chi connectivity index (χ4v) is 1.86. The number of nitrogens with one attached hydrogen (secondary N) is 1. The Kier molecular flexibility index (Phi) is 4.12. The molecule has 0 aliphatic rings. The summed E-state index contributed by atoms with van der Waals surface area (Å²) in [6.45, 7) is 0.279. The first-order valence-corrected chi connectivity index (χ1v) is 6.03. The van der Waals surface area contributed by atoms with Crippen molar-refractivity contribution in [3.63, 3.8) is 0 Å². The molecule has 0 radical (unpaired) electrons. The molecule has 0 amide bonds. The van der Waals surface area contributed by atoms with Gasteiger partial charge in [-0.2, -0.15) is 0 Å². The van der Waals surface area contributed by atoms with Crippen molar-refractivity contribution >= 4 is 17.3 Å². The summed E-state index contributed by atoms with van der Waals surface area (Å²) in [5.41, 5.74) is 0.945. The second-order valence-electron chi connectivity index (χ2n) is 3.95. The van der Waals surface area contributed by atoms with E-state index >= 15 is 0 Å². The number of para-hydroxylation sites is 1. The smallest absolute Gasteiger partial charge is 0.162 e. The fraction of sp³-hybridized carbons (Fsp3) is 0.143. The molecule has 0 fully saturated rings. The van der Waals surface area contributed by atoms with Crippen molar-refractivity contribution in [2.75, 3.05) is 12.4 Å². The SMILES string of the molecule is COc1cccc(CNc2ccc(Cl)cc2F)c1O. The Balaban J connectivity index is 2.14. The molecule has 2 aromatic rings. The van der Waals surface area contributed by atoms with Gasteiger partial charge in [-0.3, -0.25) is 0 Å². The van der Waals surface area contributed by atoms with Crippen LogP contribution in [0.15, 0.2) is 36.4 Å². The van der Waals surface area contributed by atoms with Gasteiger partial charge in [0.05, 0.1) is 12.8 Å². The first-order valence-electron chi connectivity index (χ1n) is 5.65. The Hall–Kier alpha value is -1.94. The first-order chi connectivity index (χ1) is 9.11. The van der Waals surface area contributed by atoms with Crippen LogP contribution >= 0.6 is 11.6 Å². The normalized spacial score (nSPS) is 10.3. The maximum atomic E-state index is 13.6. The molecule has 0 bridgehead atoms. The standard InChI is InChI=1S/C14H13ClFNO2/c1-19-13-4-2-3-9(14(13)18)8-17-12-6-5-10(15)7-11(12)16/h2-7,17-18H,8H2,1H3. The van der Waals surface area contributed by atoms with Crippen LogP contribution in [0.25, 0.3) is 0 Å². The highest BCUT2D eigenvalue weighted by atomic mass is 35.5. The lowest BCUT2D eigenvalue weighted by Crippen LogP contribution is -2.02. The Morgan fingerprint density at radius 3 is 2.79 bits per heavy atom. The highest BCUT2D eigenvalue weighted by Gasteiger charge is 2.08. The molecule has 100 valence electrons. The van der Waals surface area contributed by atoms with Gasteiger partial charge in [0.25, 0.3) is 0 Å². The Morgan fingerprint density at radius 2 is 2.11 bits per heavy atom. The van der Waals surface area contributed by atoms with Gasteiger partial charge in [0, 0.05) is 17.1 Å². The van der Waals surface area contributed by atoms with Crippen LogP contribution in [0.5, 0.6) is 11.5 Å². The third-order valence-electron chi connectivity index (χ3n) is 2.70. The lowest BCUT2D eigenvalue weighted by Gasteiger charge is -2.11. The van der Waals surface area contributed by atoms with E-state index in [4.69, 9.17) is 16.3 Å². The van der Waals surface area contributed by atoms with Crippen LogP contribution in [-0.2, 0) is 6.54 Å². The summed E-state index contributed by atoms with van der Waals surface area (Å²) in [7, 11) is 1.48. The van der Waals surface area contributed by atoms with Crippen LogP contribution < -0.4 is 10.1 Å². The molecule has 0 saturated heterocycles. The molecule has 2 rings (SSSR count). The molecule has 0 saturated carbocycles. The zero-order chi connectivity index (χ0) is 13.8. The zero-order valence-electron chi connectivity index (χ0n) is 10.3. The summed E-state index contributed by atoms with van der Waals surface area (Å²) in [6.07, 6.45) is 0. The second kappa shape index (κ2) is 5.80. The Bertz CT molecular complexity index is 590. The van der Waals surface area contributed by atoms with Crippen LogP contribution in [-0.4, -0.2) is 12.2 Å². The summed E-state index contributed by atoms with van der Waals surface area (Å²) >= 11 is 5.67. The van der Waals surface area contributed by atoms with Crippen molar-refractivity contribution in [2.24, 2.45) is 0 Å². The van der Waals surface area contributed by atoms with Gasteiger partial charge in [-0.1, -0.05) is 23.7 Å². The van der Waals surface area contributed by atoms with Crippen molar-refractivity contribution in [1.29, 1.82) is 0 Å². The topological polar surface area (TPSA) is 41.5 Å². The number of ether oxygens (including phenoxy) is 1. The Morgan fingerprint density at radius 1 is 1.32 bits per heavy atom. The largest absolute Gasteiger partial charge is 0.504 e. The van der Waals surface area contributed by atoms with Crippen molar-refractivity contribution in [3.8, 4) is 11.5 Å². The molecule has 0 spiro atoms. The van der Waals surface area contributed by atoms with Gasteiger partial charge in [-0.15, -0.1) is 0 Å². The van der Waals surface area contributed by atoms with Crippen molar-refractivity contribution < 1.29 is 14.2 Å². The van der Waals surface area contributed by atoms with E-state index in [2.05, 4.69) is 5.32 Å². The minimum absolute atomic E-state index is 0.0480. The second-order valence-corrected chi connectivity index (χ2v) is 4.38. The molecule has 3 nitrogen and oxygen atoms in total. The maximum absolute atomic E-state index is 13.6. The van der Waals surface area contributed by atoms with E-state index < -0.39 is 5.82 Å². The third kappa shape index (κ3) is 3.09. The summed E-state index contributed by atoms with van der Waals surface area (Å²) in [5, 5.41) is 13.1. The minimum atomic E-state index is -0.435. The number of halogens is 2. The molecular weight excluding hydrogens is 269 g/mol. The van der Waals surface area contributed by atoms with Crippen molar-refractivity contribution in [2.45, 2.75) is 6.54 Å². The molecular formula is C14H13ClFNO2. The predicted molar refractivity (Wildman–Crippen MR) is 73.4 cm³/mol. The zero-order valence-corrected chi connectivity index (χ0v) is 11.0. The lowest BCUT2D eigenvalue weighted by atomic mass is 10.2. The van der Waals surface area contributed by atoms with Gasteiger partial charge in [0.15, 0.2) is 11.5 Å². The minimum Gasteiger partial charge on any atom is -0.504 e. The molecule has 0 aliphatic heterocycles. The van der Waals surface area contributed by atoms with E-state index in [0.717, 1.165) is 0 Å². The van der Waals surface area contributed by atoms with Crippen molar-refractivity contribution in [1.82, 2.24) is 0 Å². The molecule has 0 unspecified atom stereocenters. The summed E-state index contributed by atoms with van der Waals surface area (Å²) < 4.78 is 18.6. The number of aromatic hydroxyl groups is 1. The molecule has 0 atom stereocenters. The molecule has 0 aliphatic carbocycles. The molecule has 2 aromatic carbocycles. The number of benzene rings is 2.